The molecule has 0 saturated carbocycles. The number of piperidine rings is 1. The van der Waals surface area contributed by atoms with Gasteiger partial charge in [-0.1, -0.05) is 42.5 Å². The van der Waals surface area contributed by atoms with Crippen LogP contribution in [0, 0.1) is 0 Å². The quantitative estimate of drug-likeness (QED) is 0.591. The van der Waals surface area contributed by atoms with Crippen molar-refractivity contribution in [2.24, 2.45) is 5.73 Å². The van der Waals surface area contributed by atoms with Gasteiger partial charge >= 0.3 is 10.2 Å². The first-order valence-electron chi connectivity index (χ1n) is 10.7. The average Bonchev–Trinajstić information content (AvgIpc) is 2.86. The van der Waals surface area contributed by atoms with E-state index in [1.807, 2.05) is 30.3 Å². The third kappa shape index (κ3) is 5.18. The fourth-order valence-electron chi connectivity index (χ4n) is 4.11. The number of nitrogens with zero attached hydrogens (tertiary/aromatic N) is 2. The molecule has 1 saturated heterocycles. The van der Waals surface area contributed by atoms with Crippen molar-refractivity contribution in [3.05, 3.63) is 65.7 Å². The number of carbonyl (C=O) groups is 2. The Morgan fingerprint density at radius 2 is 1.70 bits per heavy atom. The summed E-state index contributed by atoms with van der Waals surface area (Å²) >= 11 is 0. The van der Waals surface area contributed by atoms with Gasteiger partial charge in [-0.25, -0.2) is 4.31 Å². The Hall–Kier alpha value is -2.95. The first kappa shape index (κ1) is 24.7. The highest BCUT2D eigenvalue weighted by Gasteiger charge is 2.41. The second-order valence-electron chi connectivity index (χ2n) is 8.00. The van der Waals surface area contributed by atoms with E-state index in [0.717, 1.165) is 5.56 Å². The van der Waals surface area contributed by atoms with Gasteiger partial charge in [-0.05, 0) is 30.5 Å². The van der Waals surface area contributed by atoms with Crippen molar-refractivity contribution in [1.82, 2.24) is 13.9 Å². The summed E-state index contributed by atoms with van der Waals surface area (Å²) in [5.74, 6) is -0.442. The maximum absolute atomic E-state index is 12.9. The summed E-state index contributed by atoms with van der Waals surface area (Å²) in [5.41, 5.74) is 6.33. The van der Waals surface area contributed by atoms with Crippen LogP contribution in [0.3, 0.4) is 0 Å². The van der Waals surface area contributed by atoms with E-state index in [1.165, 1.54) is 18.5 Å². The minimum Gasteiger partial charge on any atom is -0.496 e. The Balaban J connectivity index is 1.80. The number of methoxy groups -OCH3 is 1. The molecule has 2 amide bonds. The lowest BCUT2D eigenvalue weighted by Crippen LogP contribution is -2.54. The van der Waals surface area contributed by atoms with E-state index in [4.69, 9.17) is 10.5 Å². The Kier molecular flexibility index (Phi) is 7.72. The fourth-order valence-corrected chi connectivity index (χ4v) is 5.43. The zero-order valence-electron chi connectivity index (χ0n) is 18.9. The van der Waals surface area contributed by atoms with Crippen molar-refractivity contribution in [2.75, 3.05) is 40.3 Å². The lowest BCUT2D eigenvalue weighted by molar-refractivity contribution is -0.124. The predicted octanol–water partition coefficient (Wildman–Crippen LogP) is 1.12. The number of amides is 2. The molecule has 10 heteroatoms. The number of hydrogen-bond donors (Lipinski definition) is 2. The van der Waals surface area contributed by atoms with Gasteiger partial charge in [0.2, 0.25) is 0 Å². The molecule has 2 aromatic carbocycles. The zero-order valence-corrected chi connectivity index (χ0v) is 19.7. The molecule has 178 valence electrons. The normalized spacial score (nSPS) is 16.1. The highest BCUT2D eigenvalue weighted by atomic mass is 32.2. The van der Waals surface area contributed by atoms with Gasteiger partial charge in [0, 0.05) is 32.1 Å². The molecule has 1 fully saturated rings. The van der Waals surface area contributed by atoms with Crippen LogP contribution in [0.15, 0.2) is 54.6 Å². The van der Waals surface area contributed by atoms with Gasteiger partial charge < -0.3 is 15.8 Å². The molecule has 3 N–H and O–H groups in total. The van der Waals surface area contributed by atoms with Gasteiger partial charge in [0.1, 0.15) is 5.75 Å². The van der Waals surface area contributed by atoms with Crippen molar-refractivity contribution in [1.29, 1.82) is 0 Å². The summed E-state index contributed by atoms with van der Waals surface area (Å²) in [4.78, 5) is 24.8. The molecule has 2 aromatic rings. The SMILES string of the molecule is COc1ccccc1C(=O)NCC1(c2ccccc2)CCN(S(=O)(=O)N(C)C(=O)CN)CC1. The van der Waals surface area contributed by atoms with Crippen LogP contribution in [0.25, 0.3) is 0 Å². The third-order valence-corrected chi connectivity index (χ3v) is 8.12. The maximum Gasteiger partial charge on any atom is 0.306 e. The number of nitrogens with two attached hydrogens (primary N) is 1. The van der Waals surface area contributed by atoms with Gasteiger partial charge in [-0.3, -0.25) is 9.59 Å². The van der Waals surface area contributed by atoms with Crippen molar-refractivity contribution in [3.8, 4) is 5.75 Å². The molecule has 9 nitrogen and oxygen atoms in total. The number of likely N-dealkylation sites (N-methyl/N-ethyl adjacent to an activating group) is 1. The molecule has 0 bridgehead atoms. The molecule has 0 aromatic heterocycles. The summed E-state index contributed by atoms with van der Waals surface area (Å²) in [7, 11) is -1.22. The summed E-state index contributed by atoms with van der Waals surface area (Å²) in [6, 6.07) is 16.7. The smallest absolute Gasteiger partial charge is 0.306 e. The van der Waals surface area contributed by atoms with Crippen LogP contribution in [0.5, 0.6) is 5.75 Å². The van der Waals surface area contributed by atoms with Crippen molar-refractivity contribution < 1.29 is 22.7 Å². The molecule has 1 aliphatic heterocycles. The van der Waals surface area contributed by atoms with Crippen LogP contribution in [0.2, 0.25) is 0 Å². The average molecular weight is 475 g/mol. The van der Waals surface area contributed by atoms with E-state index in [9.17, 15) is 18.0 Å². The Labute approximate surface area is 194 Å². The highest BCUT2D eigenvalue weighted by molar-refractivity contribution is 7.87. The number of ether oxygens (including phenoxy) is 1. The van der Waals surface area contributed by atoms with Crippen LogP contribution in [-0.2, 0) is 20.4 Å². The van der Waals surface area contributed by atoms with E-state index in [0.29, 0.717) is 35.0 Å². The van der Waals surface area contributed by atoms with Crippen LogP contribution in [0.1, 0.15) is 28.8 Å². The molecule has 0 spiro atoms. The Bertz CT molecular complexity index is 1080. The third-order valence-electron chi connectivity index (χ3n) is 6.20. The number of carbonyl (C=O) groups excluding carboxylic acids is 2. The van der Waals surface area contributed by atoms with Gasteiger partial charge in [-0.2, -0.15) is 12.7 Å². The van der Waals surface area contributed by atoms with Crippen molar-refractivity contribution >= 4 is 22.0 Å². The van der Waals surface area contributed by atoms with Crippen LogP contribution >= 0.6 is 0 Å². The van der Waals surface area contributed by atoms with E-state index < -0.39 is 21.5 Å². The monoisotopic (exact) mass is 474 g/mol. The van der Waals surface area contributed by atoms with Gasteiger partial charge in [0.15, 0.2) is 0 Å². The van der Waals surface area contributed by atoms with E-state index in [-0.39, 0.29) is 25.5 Å². The number of nitrogens with one attached hydrogen (secondary N) is 1. The van der Waals surface area contributed by atoms with E-state index >= 15 is 0 Å². The topological polar surface area (TPSA) is 122 Å². The number of hydrogen-bond acceptors (Lipinski definition) is 6. The molecule has 33 heavy (non-hydrogen) atoms. The lowest BCUT2D eigenvalue weighted by Gasteiger charge is -2.42. The summed E-state index contributed by atoms with van der Waals surface area (Å²) in [5, 5.41) is 3.02. The Morgan fingerprint density at radius 3 is 2.30 bits per heavy atom. The fraction of sp³-hybridized carbons (Fsp3) is 0.391. The molecular weight excluding hydrogens is 444 g/mol. The molecule has 0 atom stereocenters. The minimum absolute atomic E-state index is 0.212. The van der Waals surface area contributed by atoms with Gasteiger partial charge in [0.05, 0.1) is 19.2 Å². The highest BCUT2D eigenvalue weighted by Crippen LogP contribution is 2.36. The van der Waals surface area contributed by atoms with Crippen LogP contribution in [0.4, 0.5) is 0 Å². The van der Waals surface area contributed by atoms with Crippen molar-refractivity contribution in [3.63, 3.8) is 0 Å². The number of rotatable bonds is 8. The Morgan fingerprint density at radius 1 is 1.09 bits per heavy atom. The van der Waals surface area contributed by atoms with E-state index in [2.05, 4.69) is 5.32 Å². The van der Waals surface area contributed by atoms with Crippen LogP contribution in [-0.4, -0.2) is 69.2 Å². The molecule has 0 aliphatic carbocycles. The molecule has 0 unspecified atom stereocenters. The van der Waals surface area contributed by atoms with Gasteiger partial charge in [0.25, 0.3) is 11.8 Å². The number of benzene rings is 2. The molecular formula is C23H30N4O5S. The lowest BCUT2D eigenvalue weighted by atomic mass is 9.73. The first-order chi connectivity index (χ1) is 15.7. The second kappa shape index (κ2) is 10.3. The summed E-state index contributed by atoms with van der Waals surface area (Å²) in [6.45, 7) is 0.375. The van der Waals surface area contributed by atoms with Crippen molar-refractivity contribution in [2.45, 2.75) is 18.3 Å². The van der Waals surface area contributed by atoms with Crippen LogP contribution < -0.4 is 15.8 Å². The molecule has 1 aliphatic rings. The van der Waals surface area contributed by atoms with E-state index in [1.54, 1.807) is 24.3 Å². The zero-order chi connectivity index (χ0) is 24.1. The predicted molar refractivity (Wildman–Crippen MR) is 125 cm³/mol. The largest absolute Gasteiger partial charge is 0.496 e. The molecule has 1 heterocycles. The minimum atomic E-state index is -3.96. The molecule has 0 radical (unpaired) electrons. The maximum atomic E-state index is 12.9. The summed E-state index contributed by atoms with van der Waals surface area (Å²) < 4.78 is 33.0. The second-order valence-corrected chi connectivity index (χ2v) is 9.96. The summed E-state index contributed by atoms with van der Waals surface area (Å²) in [6.07, 6.45) is 0.959. The molecule has 3 rings (SSSR count). The standard InChI is InChI=1S/C23H30N4O5S/c1-26(21(28)16-24)33(30,31)27-14-12-23(13-15-27,18-8-4-3-5-9-18)17-25-22(29)19-10-6-7-11-20(19)32-2/h3-11H,12-17,24H2,1-2H3,(H,25,29). The first-order valence-corrected chi connectivity index (χ1v) is 12.1. The van der Waals surface area contributed by atoms with Gasteiger partial charge in [-0.15, -0.1) is 0 Å². The number of para-hydroxylation sites is 1.